The van der Waals surface area contributed by atoms with Crippen molar-refractivity contribution in [3.05, 3.63) is 12.3 Å². The maximum Gasteiger partial charge on any atom is 0.105 e. The van der Waals surface area contributed by atoms with Crippen molar-refractivity contribution in [2.45, 2.75) is 50.8 Å². The van der Waals surface area contributed by atoms with Crippen LogP contribution in [-0.2, 0) is 4.74 Å². The van der Waals surface area contributed by atoms with Crippen LogP contribution in [0.2, 0.25) is 0 Å². The summed E-state index contributed by atoms with van der Waals surface area (Å²) in [6, 6.07) is 0. The molecule has 0 bridgehead atoms. The molecule has 2 heteroatoms. The molecule has 1 nitrogen and oxygen atoms in total. The fraction of sp³-hybridized carbons (Fsp3) is 0.818. The molecular formula is C11H21BrO. The number of allylic oxidation sites excluding steroid dienone is 1. The molecule has 0 radical (unpaired) electrons. The SMILES string of the molecule is C=C(OCCCCCC)C(C)(C)Br. The first kappa shape index (κ1) is 13.0. The summed E-state index contributed by atoms with van der Waals surface area (Å²) in [5.41, 5.74) is 0. The highest BCUT2D eigenvalue weighted by Crippen LogP contribution is 2.25. The van der Waals surface area contributed by atoms with E-state index in [0.717, 1.165) is 18.8 Å². The van der Waals surface area contributed by atoms with Crippen molar-refractivity contribution < 1.29 is 4.74 Å². The van der Waals surface area contributed by atoms with Gasteiger partial charge in [-0.05, 0) is 20.3 Å². The van der Waals surface area contributed by atoms with E-state index < -0.39 is 0 Å². The Balaban J connectivity index is 3.38. The lowest BCUT2D eigenvalue weighted by Crippen LogP contribution is -2.15. The minimum atomic E-state index is -0.0994. The molecule has 0 unspecified atom stereocenters. The normalized spacial score (nSPS) is 11.4. The van der Waals surface area contributed by atoms with Crippen LogP contribution >= 0.6 is 15.9 Å². The largest absolute Gasteiger partial charge is 0.497 e. The Morgan fingerprint density at radius 2 is 1.92 bits per heavy atom. The van der Waals surface area contributed by atoms with E-state index in [-0.39, 0.29) is 4.32 Å². The van der Waals surface area contributed by atoms with Gasteiger partial charge in [0, 0.05) is 0 Å². The quantitative estimate of drug-likeness (QED) is 0.372. The number of ether oxygens (including phenoxy) is 1. The molecule has 0 aromatic rings. The lowest BCUT2D eigenvalue weighted by Gasteiger charge is -2.20. The molecule has 0 fully saturated rings. The minimum Gasteiger partial charge on any atom is -0.497 e. The highest BCUT2D eigenvalue weighted by molar-refractivity contribution is 9.10. The smallest absolute Gasteiger partial charge is 0.105 e. The first-order valence-corrected chi connectivity index (χ1v) is 5.79. The third kappa shape index (κ3) is 7.12. The minimum absolute atomic E-state index is 0.0994. The fourth-order valence-corrected chi connectivity index (χ4v) is 1.01. The van der Waals surface area contributed by atoms with Crippen molar-refractivity contribution in [1.82, 2.24) is 0 Å². The van der Waals surface area contributed by atoms with Gasteiger partial charge in [0.25, 0.3) is 0 Å². The monoisotopic (exact) mass is 248 g/mol. The van der Waals surface area contributed by atoms with Gasteiger partial charge in [-0.15, -0.1) is 0 Å². The van der Waals surface area contributed by atoms with Crippen LogP contribution in [0.25, 0.3) is 0 Å². The van der Waals surface area contributed by atoms with Crippen LogP contribution in [0.5, 0.6) is 0 Å². The van der Waals surface area contributed by atoms with Crippen LogP contribution in [0.1, 0.15) is 46.5 Å². The Labute approximate surface area is 90.7 Å². The number of rotatable bonds is 7. The van der Waals surface area contributed by atoms with E-state index in [9.17, 15) is 0 Å². The second kappa shape index (κ2) is 6.47. The van der Waals surface area contributed by atoms with Crippen molar-refractivity contribution in [2.75, 3.05) is 6.61 Å². The van der Waals surface area contributed by atoms with Gasteiger partial charge in [-0.2, -0.15) is 0 Å². The van der Waals surface area contributed by atoms with E-state index in [4.69, 9.17) is 4.74 Å². The summed E-state index contributed by atoms with van der Waals surface area (Å²) in [4.78, 5) is 0. The molecule has 78 valence electrons. The van der Waals surface area contributed by atoms with Gasteiger partial charge in [-0.3, -0.25) is 0 Å². The van der Waals surface area contributed by atoms with Crippen LogP contribution in [0.4, 0.5) is 0 Å². The summed E-state index contributed by atoms with van der Waals surface area (Å²) in [6.45, 7) is 11.0. The maximum atomic E-state index is 5.51. The van der Waals surface area contributed by atoms with E-state index in [0.29, 0.717) is 0 Å². The maximum absolute atomic E-state index is 5.51. The van der Waals surface area contributed by atoms with Crippen molar-refractivity contribution in [1.29, 1.82) is 0 Å². The second-order valence-electron chi connectivity index (χ2n) is 3.80. The molecule has 0 saturated carbocycles. The third-order valence-electron chi connectivity index (χ3n) is 1.94. The van der Waals surface area contributed by atoms with Crippen molar-refractivity contribution in [2.24, 2.45) is 0 Å². The predicted octanol–water partition coefficient (Wildman–Crippen LogP) is 4.27. The average Bonchev–Trinajstić information content (AvgIpc) is 2.02. The van der Waals surface area contributed by atoms with Gasteiger partial charge in [0.05, 0.1) is 10.9 Å². The van der Waals surface area contributed by atoms with Crippen LogP contribution in [0.15, 0.2) is 12.3 Å². The van der Waals surface area contributed by atoms with Crippen LogP contribution in [0.3, 0.4) is 0 Å². The number of alkyl halides is 1. The van der Waals surface area contributed by atoms with E-state index in [2.05, 4.69) is 29.4 Å². The van der Waals surface area contributed by atoms with E-state index in [1.165, 1.54) is 19.3 Å². The Hall–Kier alpha value is 0.0200. The van der Waals surface area contributed by atoms with Crippen molar-refractivity contribution in [3.63, 3.8) is 0 Å². The van der Waals surface area contributed by atoms with E-state index in [1.54, 1.807) is 0 Å². The first-order chi connectivity index (χ1) is 5.98. The molecule has 0 rings (SSSR count). The summed E-state index contributed by atoms with van der Waals surface area (Å²) >= 11 is 3.50. The number of hydrogen-bond donors (Lipinski definition) is 0. The Kier molecular flexibility index (Phi) is 6.48. The lowest BCUT2D eigenvalue weighted by atomic mass is 10.2. The Bertz CT molecular complexity index is 147. The van der Waals surface area contributed by atoms with Crippen molar-refractivity contribution >= 4 is 15.9 Å². The molecule has 0 aromatic carbocycles. The molecule has 13 heavy (non-hydrogen) atoms. The zero-order valence-electron chi connectivity index (χ0n) is 9.03. The molecule has 0 N–H and O–H groups in total. The molecule has 0 amide bonds. The van der Waals surface area contributed by atoms with Gasteiger partial charge >= 0.3 is 0 Å². The average molecular weight is 249 g/mol. The van der Waals surface area contributed by atoms with Gasteiger partial charge in [0.2, 0.25) is 0 Å². The van der Waals surface area contributed by atoms with Crippen molar-refractivity contribution in [3.8, 4) is 0 Å². The summed E-state index contributed by atoms with van der Waals surface area (Å²) in [6.07, 6.45) is 4.96. The zero-order valence-corrected chi connectivity index (χ0v) is 10.6. The van der Waals surface area contributed by atoms with Crippen LogP contribution < -0.4 is 0 Å². The molecule has 0 aromatic heterocycles. The third-order valence-corrected chi connectivity index (χ3v) is 2.38. The van der Waals surface area contributed by atoms with Gasteiger partial charge in [0.1, 0.15) is 5.76 Å². The van der Waals surface area contributed by atoms with Gasteiger partial charge < -0.3 is 4.74 Å². The molecule has 0 spiro atoms. The van der Waals surface area contributed by atoms with Gasteiger partial charge in [0.15, 0.2) is 0 Å². The second-order valence-corrected chi connectivity index (χ2v) is 5.79. The summed E-state index contributed by atoms with van der Waals surface area (Å²) in [7, 11) is 0. The molecule has 0 heterocycles. The number of unbranched alkanes of at least 4 members (excludes halogenated alkanes) is 3. The first-order valence-electron chi connectivity index (χ1n) is 4.99. The highest BCUT2D eigenvalue weighted by Gasteiger charge is 2.18. The molecule has 0 saturated heterocycles. The summed E-state index contributed by atoms with van der Waals surface area (Å²) < 4.78 is 5.41. The topological polar surface area (TPSA) is 9.23 Å². The summed E-state index contributed by atoms with van der Waals surface area (Å²) in [5, 5.41) is 0. The summed E-state index contributed by atoms with van der Waals surface area (Å²) in [5.74, 6) is 0.823. The highest BCUT2D eigenvalue weighted by atomic mass is 79.9. The number of halogens is 1. The van der Waals surface area contributed by atoms with Gasteiger partial charge in [-0.25, -0.2) is 0 Å². The Morgan fingerprint density at radius 3 is 2.38 bits per heavy atom. The standard InChI is InChI=1S/C11H21BrO/c1-5-6-7-8-9-13-10(2)11(3,4)12/h2,5-9H2,1,3-4H3. The molecule has 0 aliphatic heterocycles. The zero-order chi connectivity index (χ0) is 10.3. The van der Waals surface area contributed by atoms with Gasteiger partial charge in [-0.1, -0.05) is 48.7 Å². The van der Waals surface area contributed by atoms with E-state index in [1.807, 2.05) is 13.8 Å². The van der Waals surface area contributed by atoms with E-state index >= 15 is 0 Å². The molecular weight excluding hydrogens is 228 g/mol. The molecule has 0 atom stereocenters. The lowest BCUT2D eigenvalue weighted by molar-refractivity contribution is 0.189. The molecule has 0 aliphatic rings. The predicted molar refractivity (Wildman–Crippen MR) is 62.2 cm³/mol. The molecule has 0 aliphatic carbocycles. The van der Waals surface area contributed by atoms with Crippen LogP contribution in [0, 0.1) is 0 Å². The Morgan fingerprint density at radius 1 is 1.31 bits per heavy atom. The van der Waals surface area contributed by atoms with Crippen LogP contribution in [-0.4, -0.2) is 10.9 Å². The fourth-order valence-electron chi connectivity index (χ4n) is 0.896. The number of hydrogen-bond acceptors (Lipinski definition) is 1.